The number of aliphatic hydroxyl groups excluding tert-OH is 7. The normalized spacial score (nSPS) is 45.9. The highest BCUT2D eigenvalue weighted by molar-refractivity contribution is 5.95. The summed E-state index contributed by atoms with van der Waals surface area (Å²) in [4.78, 5) is 11.5. The number of aliphatic hydroxyl groups is 7. The Morgan fingerprint density at radius 2 is 1.67 bits per heavy atom. The zero-order valence-corrected chi connectivity index (χ0v) is 10.8. The van der Waals surface area contributed by atoms with Crippen molar-refractivity contribution in [2.45, 2.75) is 48.3 Å². The summed E-state index contributed by atoms with van der Waals surface area (Å²) in [5.74, 6) is -1.01. The summed E-state index contributed by atoms with van der Waals surface area (Å²) in [6.45, 7) is -1.60. The van der Waals surface area contributed by atoms with Gasteiger partial charge in [0.05, 0.1) is 13.2 Å². The van der Waals surface area contributed by atoms with Gasteiger partial charge >= 0.3 is 5.97 Å². The molecule has 21 heavy (non-hydrogen) atoms. The molecule has 2 aliphatic heterocycles. The van der Waals surface area contributed by atoms with E-state index in [1.54, 1.807) is 0 Å². The van der Waals surface area contributed by atoms with Crippen LogP contribution in [0, 0.1) is 0 Å². The van der Waals surface area contributed by atoms with Crippen LogP contribution in [0.4, 0.5) is 0 Å². The Balaban J connectivity index is 2.27. The fraction of sp³-hybridized carbons (Fsp3) is 0.909. The fourth-order valence-corrected chi connectivity index (χ4v) is 2.49. The monoisotopic (exact) mass is 310 g/mol. The van der Waals surface area contributed by atoms with Crippen molar-refractivity contribution in [2.24, 2.45) is 0 Å². The van der Waals surface area contributed by atoms with Gasteiger partial charge in [-0.2, -0.15) is 0 Å². The number of epoxide rings is 1. The molecule has 122 valence electrons. The Kier molecular flexibility index (Phi) is 4.52. The van der Waals surface area contributed by atoms with Crippen molar-refractivity contribution in [1.29, 1.82) is 0 Å². The molecule has 0 aromatic carbocycles. The minimum Gasteiger partial charge on any atom is -0.438 e. The predicted molar refractivity (Wildman–Crippen MR) is 61.7 cm³/mol. The maximum Gasteiger partial charge on any atom is 0.357 e. The highest BCUT2D eigenvalue weighted by atomic mass is 16.7. The lowest BCUT2D eigenvalue weighted by molar-refractivity contribution is -0.254. The van der Waals surface area contributed by atoms with Crippen LogP contribution >= 0.6 is 0 Å². The molecule has 10 heteroatoms. The Labute approximate surface area is 118 Å². The van der Waals surface area contributed by atoms with Crippen LogP contribution in [0.5, 0.6) is 0 Å². The third kappa shape index (κ3) is 2.43. The SMILES string of the molecule is O=C1O[C@]1(C1O[C@H](CO)[C@@H](O)[C@H](O)[C@H]1O)[C@H](O)[C@H](O)CO. The average Bonchev–Trinajstić information content (AvgIpc) is 3.15. The minimum absolute atomic E-state index is 0.718. The summed E-state index contributed by atoms with van der Waals surface area (Å²) in [7, 11) is 0. The highest BCUT2D eigenvalue weighted by Gasteiger charge is 2.74. The molecule has 2 rings (SSSR count). The third-order valence-corrected chi connectivity index (χ3v) is 3.84. The van der Waals surface area contributed by atoms with E-state index in [4.69, 9.17) is 14.9 Å². The number of hydrogen-bond acceptors (Lipinski definition) is 10. The molecule has 7 N–H and O–H groups in total. The van der Waals surface area contributed by atoms with Crippen LogP contribution < -0.4 is 0 Å². The van der Waals surface area contributed by atoms with Crippen LogP contribution in [0.25, 0.3) is 0 Å². The first-order chi connectivity index (χ1) is 9.81. The van der Waals surface area contributed by atoms with Crippen LogP contribution in [0.15, 0.2) is 0 Å². The van der Waals surface area contributed by atoms with E-state index < -0.39 is 67.5 Å². The summed E-state index contributed by atoms with van der Waals surface area (Å²) in [5, 5.41) is 66.5. The summed E-state index contributed by atoms with van der Waals surface area (Å²) < 4.78 is 9.79. The van der Waals surface area contributed by atoms with Crippen LogP contribution in [0.2, 0.25) is 0 Å². The molecule has 2 fully saturated rings. The molecule has 0 amide bonds. The van der Waals surface area contributed by atoms with E-state index in [1.165, 1.54) is 0 Å². The van der Waals surface area contributed by atoms with Crippen molar-refractivity contribution in [3.63, 3.8) is 0 Å². The number of carbonyl (C=O) groups excluding carboxylic acids is 1. The fourth-order valence-electron chi connectivity index (χ4n) is 2.49. The molecule has 1 unspecified atom stereocenters. The largest absolute Gasteiger partial charge is 0.438 e. The molecule has 0 bridgehead atoms. The zero-order chi connectivity index (χ0) is 15.9. The highest BCUT2D eigenvalue weighted by Crippen LogP contribution is 2.44. The number of hydrogen-bond donors (Lipinski definition) is 7. The van der Waals surface area contributed by atoms with Gasteiger partial charge in [-0.25, -0.2) is 4.79 Å². The molecule has 2 aliphatic rings. The molecule has 10 nitrogen and oxygen atoms in total. The van der Waals surface area contributed by atoms with Crippen molar-refractivity contribution in [2.75, 3.05) is 13.2 Å². The summed E-state index contributed by atoms with van der Waals surface area (Å²) in [5.41, 5.74) is -2.17. The molecule has 0 aromatic heterocycles. The van der Waals surface area contributed by atoms with E-state index in [0.29, 0.717) is 0 Å². The van der Waals surface area contributed by atoms with Gasteiger partial charge in [0.15, 0.2) is 0 Å². The Hall–Kier alpha value is -0.850. The molecule has 0 saturated carbocycles. The van der Waals surface area contributed by atoms with E-state index >= 15 is 0 Å². The van der Waals surface area contributed by atoms with Crippen molar-refractivity contribution < 1.29 is 50.0 Å². The standard InChI is InChI=1S/C11H18O10/c12-1-3(14)8(18)11(10(19)21-11)9-7(17)6(16)5(15)4(2-13)20-9/h3-9,12-18H,1-2H2/t3-,4-,5-,6+,7-,8-,9?,11+/m1/s1. The van der Waals surface area contributed by atoms with Crippen LogP contribution in [-0.4, -0.2) is 103 Å². The van der Waals surface area contributed by atoms with E-state index in [-0.39, 0.29) is 0 Å². The molecule has 8 atom stereocenters. The number of rotatable bonds is 5. The van der Waals surface area contributed by atoms with Crippen LogP contribution in [-0.2, 0) is 14.3 Å². The molecule has 0 radical (unpaired) electrons. The second-order valence-electron chi connectivity index (χ2n) is 5.13. The van der Waals surface area contributed by atoms with Crippen molar-refractivity contribution in [3.8, 4) is 0 Å². The van der Waals surface area contributed by atoms with E-state index in [9.17, 15) is 30.3 Å². The quantitative estimate of drug-likeness (QED) is 0.242. The molecule has 0 aliphatic carbocycles. The Bertz CT molecular complexity index is 400. The first-order valence-electron chi connectivity index (χ1n) is 6.32. The average molecular weight is 310 g/mol. The molecule has 0 aromatic rings. The molecular formula is C11H18O10. The second-order valence-corrected chi connectivity index (χ2v) is 5.13. The van der Waals surface area contributed by atoms with Gasteiger partial charge in [0, 0.05) is 0 Å². The van der Waals surface area contributed by atoms with E-state index in [2.05, 4.69) is 4.74 Å². The van der Waals surface area contributed by atoms with Crippen molar-refractivity contribution >= 4 is 5.97 Å². The molecule has 2 saturated heterocycles. The lowest BCUT2D eigenvalue weighted by Gasteiger charge is -2.42. The predicted octanol–water partition coefficient (Wildman–Crippen LogP) is -5.16. The van der Waals surface area contributed by atoms with E-state index in [1.807, 2.05) is 0 Å². The molecular weight excluding hydrogens is 292 g/mol. The number of ether oxygens (including phenoxy) is 2. The number of cyclic esters (lactones) is 1. The van der Waals surface area contributed by atoms with Gasteiger partial charge in [-0.1, -0.05) is 0 Å². The smallest absolute Gasteiger partial charge is 0.357 e. The van der Waals surface area contributed by atoms with Crippen molar-refractivity contribution in [1.82, 2.24) is 0 Å². The van der Waals surface area contributed by atoms with Gasteiger partial charge in [0.1, 0.15) is 42.7 Å². The number of carbonyl (C=O) groups is 1. The summed E-state index contributed by atoms with van der Waals surface area (Å²) in [6, 6.07) is 0. The molecule has 2 heterocycles. The van der Waals surface area contributed by atoms with Gasteiger partial charge in [-0.05, 0) is 0 Å². The van der Waals surface area contributed by atoms with Gasteiger partial charge in [-0.15, -0.1) is 0 Å². The first-order valence-corrected chi connectivity index (χ1v) is 6.32. The third-order valence-electron chi connectivity index (χ3n) is 3.84. The lowest BCUT2D eigenvalue weighted by atomic mass is 9.83. The van der Waals surface area contributed by atoms with Crippen LogP contribution in [0.3, 0.4) is 0 Å². The Morgan fingerprint density at radius 1 is 1.10 bits per heavy atom. The maximum atomic E-state index is 11.5. The minimum atomic E-state index is -2.17. The first kappa shape index (κ1) is 16.5. The van der Waals surface area contributed by atoms with Crippen LogP contribution in [0.1, 0.15) is 0 Å². The second kappa shape index (κ2) is 5.74. The summed E-state index contributed by atoms with van der Waals surface area (Å²) >= 11 is 0. The Morgan fingerprint density at radius 3 is 2.10 bits per heavy atom. The topological polar surface area (TPSA) is 180 Å². The van der Waals surface area contributed by atoms with Crippen molar-refractivity contribution in [3.05, 3.63) is 0 Å². The van der Waals surface area contributed by atoms with E-state index in [0.717, 1.165) is 0 Å². The van der Waals surface area contributed by atoms with Gasteiger partial charge in [0.25, 0.3) is 5.60 Å². The lowest BCUT2D eigenvalue weighted by Crippen LogP contribution is -2.65. The zero-order valence-electron chi connectivity index (χ0n) is 10.8. The maximum absolute atomic E-state index is 11.5. The van der Waals surface area contributed by atoms with Gasteiger partial charge in [-0.3, -0.25) is 0 Å². The summed E-state index contributed by atoms with van der Waals surface area (Å²) in [6.07, 6.45) is -11.8. The molecule has 0 spiro atoms. The van der Waals surface area contributed by atoms with Gasteiger partial charge in [0.2, 0.25) is 0 Å². The van der Waals surface area contributed by atoms with Gasteiger partial charge < -0.3 is 45.2 Å².